The predicted octanol–water partition coefficient (Wildman–Crippen LogP) is 1.40. The first kappa shape index (κ1) is 12.1. The van der Waals surface area contributed by atoms with Crippen molar-refractivity contribution in [3.8, 4) is 0 Å². The molecule has 0 aliphatic heterocycles. The van der Waals surface area contributed by atoms with Gasteiger partial charge >= 0.3 is 0 Å². The smallest absolute Gasteiger partial charge is 0.281 e. The number of methoxy groups -OCH3 is 2. The van der Waals surface area contributed by atoms with Gasteiger partial charge in [-0.25, -0.2) is 4.98 Å². The highest BCUT2D eigenvalue weighted by atomic mass is 79.9. The van der Waals surface area contributed by atoms with Gasteiger partial charge in [-0.2, -0.15) is 0 Å². The number of aromatic nitrogens is 1. The minimum atomic E-state index is -0.909. The molecule has 1 heterocycles. The van der Waals surface area contributed by atoms with E-state index in [1.165, 1.54) is 20.4 Å². The summed E-state index contributed by atoms with van der Waals surface area (Å²) in [5.41, 5.74) is 0.585. The first-order valence-electron chi connectivity index (χ1n) is 4.15. The number of ether oxygens (including phenoxy) is 2. The molecule has 5 nitrogen and oxygen atoms in total. The third-order valence-corrected chi connectivity index (χ3v) is 2.11. The number of carbonyl (C=O) groups is 1. The fourth-order valence-corrected chi connectivity index (χ4v) is 1.20. The molecule has 0 radical (unpaired) electrons. The Morgan fingerprint density at radius 2 is 2.13 bits per heavy atom. The average Bonchev–Trinajstić information content (AvgIpc) is 2.23. The number of rotatable bonds is 4. The van der Waals surface area contributed by atoms with Crippen LogP contribution in [0.15, 0.2) is 22.9 Å². The summed E-state index contributed by atoms with van der Waals surface area (Å²) in [6.07, 6.45) is 0.623. The van der Waals surface area contributed by atoms with E-state index >= 15 is 0 Å². The molecule has 0 atom stereocenters. The van der Waals surface area contributed by atoms with Gasteiger partial charge in [0.2, 0.25) is 6.29 Å². The SMILES string of the molecule is COC(OC)C(=O)Nc1ccc(Br)nc1. The van der Waals surface area contributed by atoms with Gasteiger partial charge in [-0.15, -0.1) is 0 Å². The zero-order valence-corrected chi connectivity index (χ0v) is 9.95. The van der Waals surface area contributed by atoms with E-state index in [1.807, 2.05) is 0 Å². The van der Waals surface area contributed by atoms with Gasteiger partial charge in [-0.3, -0.25) is 4.79 Å². The molecule has 1 N–H and O–H groups in total. The van der Waals surface area contributed by atoms with Crippen molar-refractivity contribution in [2.24, 2.45) is 0 Å². The van der Waals surface area contributed by atoms with Gasteiger partial charge in [-0.05, 0) is 28.1 Å². The van der Waals surface area contributed by atoms with Crippen LogP contribution in [-0.2, 0) is 14.3 Å². The number of halogens is 1. The third-order valence-electron chi connectivity index (χ3n) is 1.64. The van der Waals surface area contributed by atoms with Gasteiger partial charge in [0.15, 0.2) is 0 Å². The van der Waals surface area contributed by atoms with Crippen molar-refractivity contribution in [3.63, 3.8) is 0 Å². The molecule has 0 saturated carbocycles. The monoisotopic (exact) mass is 274 g/mol. The number of hydrogen-bond donors (Lipinski definition) is 1. The number of anilines is 1. The Hall–Kier alpha value is -0.980. The molecule has 0 unspecified atom stereocenters. The molecule has 82 valence electrons. The normalized spacial score (nSPS) is 10.4. The van der Waals surface area contributed by atoms with Crippen LogP contribution in [0.1, 0.15) is 0 Å². The van der Waals surface area contributed by atoms with Gasteiger partial charge < -0.3 is 14.8 Å². The van der Waals surface area contributed by atoms with Crippen LogP contribution in [-0.4, -0.2) is 31.4 Å². The Balaban J connectivity index is 2.61. The second kappa shape index (κ2) is 5.79. The lowest BCUT2D eigenvalue weighted by molar-refractivity contribution is -0.153. The Morgan fingerprint density at radius 3 is 2.60 bits per heavy atom. The molecule has 0 aliphatic rings. The highest BCUT2D eigenvalue weighted by molar-refractivity contribution is 9.10. The number of nitrogens with zero attached hydrogens (tertiary/aromatic N) is 1. The standard InChI is InChI=1S/C9H11BrN2O3/c1-14-9(15-2)8(13)12-6-3-4-7(10)11-5-6/h3-5,9H,1-2H3,(H,12,13). The van der Waals surface area contributed by atoms with Crippen molar-refractivity contribution in [1.29, 1.82) is 0 Å². The molecule has 1 aromatic heterocycles. The lowest BCUT2D eigenvalue weighted by atomic mass is 10.4. The van der Waals surface area contributed by atoms with Gasteiger partial charge in [0.1, 0.15) is 4.60 Å². The topological polar surface area (TPSA) is 60.5 Å². The zero-order chi connectivity index (χ0) is 11.3. The first-order chi connectivity index (χ1) is 7.17. The molecule has 0 aliphatic carbocycles. The van der Waals surface area contributed by atoms with Crippen molar-refractivity contribution in [2.75, 3.05) is 19.5 Å². The van der Waals surface area contributed by atoms with Gasteiger partial charge in [-0.1, -0.05) is 0 Å². The van der Waals surface area contributed by atoms with E-state index in [0.29, 0.717) is 10.3 Å². The van der Waals surface area contributed by atoms with Crippen molar-refractivity contribution < 1.29 is 14.3 Å². The molecule has 0 saturated heterocycles. The van der Waals surface area contributed by atoms with Crippen LogP contribution in [0.5, 0.6) is 0 Å². The van der Waals surface area contributed by atoms with Crippen LogP contribution in [0.2, 0.25) is 0 Å². The zero-order valence-electron chi connectivity index (χ0n) is 8.36. The summed E-state index contributed by atoms with van der Waals surface area (Å²) < 4.78 is 10.3. The lowest BCUT2D eigenvalue weighted by Crippen LogP contribution is -2.30. The maximum Gasteiger partial charge on any atom is 0.281 e. The summed E-state index contributed by atoms with van der Waals surface area (Å²) in [5, 5.41) is 2.60. The maximum absolute atomic E-state index is 11.5. The molecule has 0 aromatic carbocycles. The van der Waals surface area contributed by atoms with Crippen LogP contribution >= 0.6 is 15.9 Å². The van der Waals surface area contributed by atoms with Gasteiger partial charge in [0, 0.05) is 14.2 Å². The number of carbonyl (C=O) groups excluding carboxylic acids is 1. The van der Waals surface area contributed by atoms with Gasteiger partial charge in [0.25, 0.3) is 5.91 Å². The summed E-state index contributed by atoms with van der Waals surface area (Å²) in [4.78, 5) is 15.4. The molecule has 0 fully saturated rings. The third kappa shape index (κ3) is 3.58. The predicted molar refractivity (Wildman–Crippen MR) is 58.4 cm³/mol. The first-order valence-corrected chi connectivity index (χ1v) is 4.94. The van der Waals surface area contributed by atoms with Crippen molar-refractivity contribution in [3.05, 3.63) is 22.9 Å². The summed E-state index contributed by atoms with van der Waals surface area (Å²) in [5.74, 6) is -0.371. The van der Waals surface area contributed by atoms with Crippen molar-refractivity contribution >= 4 is 27.5 Å². The molecule has 0 bridgehead atoms. The summed E-state index contributed by atoms with van der Waals surface area (Å²) >= 11 is 3.19. The minimum Gasteiger partial charge on any atom is -0.348 e. The van der Waals surface area contributed by atoms with E-state index in [0.717, 1.165) is 0 Å². The lowest BCUT2D eigenvalue weighted by Gasteiger charge is -2.12. The van der Waals surface area contributed by atoms with Crippen molar-refractivity contribution in [2.45, 2.75) is 6.29 Å². The average molecular weight is 275 g/mol. The second-order valence-corrected chi connectivity index (χ2v) is 3.47. The van der Waals surface area contributed by atoms with Crippen LogP contribution < -0.4 is 5.32 Å². The molecular formula is C9H11BrN2O3. The van der Waals surface area contributed by atoms with Gasteiger partial charge in [0.05, 0.1) is 11.9 Å². The molecular weight excluding hydrogens is 264 g/mol. The van der Waals surface area contributed by atoms with Crippen LogP contribution in [0.4, 0.5) is 5.69 Å². The van der Waals surface area contributed by atoms with E-state index in [-0.39, 0.29) is 5.91 Å². The highest BCUT2D eigenvalue weighted by Crippen LogP contribution is 2.10. The van der Waals surface area contributed by atoms with Crippen LogP contribution in [0, 0.1) is 0 Å². The number of nitrogens with one attached hydrogen (secondary N) is 1. The van der Waals surface area contributed by atoms with Crippen LogP contribution in [0.3, 0.4) is 0 Å². The Labute approximate surface area is 95.9 Å². The molecule has 1 rings (SSSR count). The minimum absolute atomic E-state index is 0.371. The van der Waals surface area contributed by atoms with E-state index < -0.39 is 6.29 Å². The molecule has 0 spiro atoms. The van der Waals surface area contributed by atoms with E-state index in [2.05, 4.69) is 26.2 Å². The summed E-state index contributed by atoms with van der Waals surface area (Å²) in [6.45, 7) is 0. The molecule has 15 heavy (non-hydrogen) atoms. The number of pyridine rings is 1. The second-order valence-electron chi connectivity index (χ2n) is 2.66. The van der Waals surface area contributed by atoms with Crippen LogP contribution in [0.25, 0.3) is 0 Å². The Bertz CT molecular complexity index is 325. The fourth-order valence-electron chi connectivity index (χ4n) is 0.961. The Morgan fingerprint density at radius 1 is 1.47 bits per heavy atom. The van der Waals surface area contributed by atoms with Crippen molar-refractivity contribution in [1.82, 2.24) is 4.98 Å². The molecule has 1 aromatic rings. The summed E-state index contributed by atoms with van der Waals surface area (Å²) in [7, 11) is 2.79. The van der Waals surface area contributed by atoms with E-state index in [4.69, 9.17) is 9.47 Å². The molecule has 1 amide bonds. The Kier molecular flexibility index (Phi) is 4.67. The highest BCUT2D eigenvalue weighted by Gasteiger charge is 2.16. The van der Waals surface area contributed by atoms with E-state index in [1.54, 1.807) is 12.1 Å². The maximum atomic E-state index is 11.5. The number of amides is 1. The molecule has 6 heteroatoms. The number of hydrogen-bond acceptors (Lipinski definition) is 4. The fraction of sp³-hybridized carbons (Fsp3) is 0.333. The summed E-state index contributed by atoms with van der Waals surface area (Å²) in [6, 6.07) is 3.45. The van der Waals surface area contributed by atoms with E-state index in [9.17, 15) is 4.79 Å². The quantitative estimate of drug-likeness (QED) is 0.666. The largest absolute Gasteiger partial charge is 0.348 e.